The highest BCUT2D eigenvalue weighted by Crippen LogP contribution is 2.30. The number of aryl methyl sites for hydroxylation is 1. The second kappa shape index (κ2) is 8.83. The van der Waals surface area contributed by atoms with Crippen molar-refractivity contribution in [1.29, 1.82) is 0 Å². The number of hydrogen-bond donors (Lipinski definition) is 2. The van der Waals surface area contributed by atoms with E-state index in [0.29, 0.717) is 26.4 Å². The lowest BCUT2D eigenvalue weighted by molar-refractivity contribution is -0.0131. The summed E-state index contributed by atoms with van der Waals surface area (Å²) >= 11 is 0. The number of aliphatic hydroxyl groups is 1. The van der Waals surface area contributed by atoms with Crippen LogP contribution in [0.2, 0.25) is 0 Å². The zero-order valence-electron chi connectivity index (χ0n) is 15.9. The van der Waals surface area contributed by atoms with Gasteiger partial charge in [0.05, 0.1) is 32.5 Å². The maximum Gasteiger partial charge on any atom is 0.194 e. The quantitative estimate of drug-likeness (QED) is 0.586. The fraction of sp³-hybridized carbons (Fsp3) is 0.778. The summed E-state index contributed by atoms with van der Waals surface area (Å²) < 4.78 is 13.2. The summed E-state index contributed by atoms with van der Waals surface area (Å²) in [6.45, 7) is 7.26. The first-order valence-corrected chi connectivity index (χ1v) is 9.48. The molecule has 0 spiro atoms. The Morgan fingerprint density at radius 3 is 2.88 bits per heavy atom. The van der Waals surface area contributed by atoms with Crippen LogP contribution >= 0.6 is 0 Å². The van der Waals surface area contributed by atoms with Crippen molar-refractivity contribution in [2.45, 2.75) is 25.9 Å². The number of aliphatic imine (C=N–C) groups is 1. The average molecular weight is 365 g/mol. The molecule has 0 aliphatic carbocycles. The Bertz CT molecular complexity index is 597. The van der Waals surface area contributed by atoms with Gasteiger partial charge < -0.3 is 24.8 Å². The predicted octanol–water partition coefficient (Wildman–Crippen LogP) is 0.548. The van der Waals surface area contributed by atoms with Gasteiger partial charge in [-0.15, -0.1) is 0 Å². The van der Waals surface area contributed by atoms with Gasteiger partial charge >= 0.3 is 0 Å². The van der Waals surface area contributed by atoms with Crippen LogP contribution in [-0.4, -0.2) is 78.4 Å². The topological polar surface area (TPSA) is 84.1 Å². The lowest BCUT2D eigenvalue weighted by Crippen LogP contribution is -2.49. The van der Waals surface area contributed by atoms with Crippen LogP contribution < -0.4 is 5.32 Å². The van der Waals surface area contributed by atoms with Gasteiger partial charge in [0.1, 0.15) is 6.10 Å². The Balaban J connectivity index is 1.69. The Morgan fingerprint density at radius 2 is 2.23 bits per heavy atom. The van der Waals surface area contributed by atoms with Gasteiger partial charge in [0.25, 0.3) is 0 Å². The van der Waals surface area contributed by atoms with Crippen LogP contribution in [0.3, 0.4) is 0 Å². The van der Waals surface area contributed by atoms with Crippen LogP contribution in [0, 0.1) is 5.41 Å². The van der Waals surface area contributed by atoms with Gasteiger partial charge in [-0.3, -0.25) is 9.67 Å². The summed E-state index contributed by atoms with van der Waals surface area (Å²) in [4.78, 5) is 7.12. The molecule has 3 rings (SSSR count). The number of hydrogen-bond acceptors (Lipinski definition) is 5. The van der Waals surface area contributed by atoms with Crippen molar-refractivity contribution in [2.75, 3.05) is 52.6 Å². The summed E-state index contributed by atoms with van der Waals surface area (Å²) in [7, 11) is 1.91. The molecule has 2 fully saturated rings. The van der Waals surface area contributed by atoms with Crippen LogP contribution in [-0.2, 0) is 16.5 Å². The van der Waals surface area contributed by atoms with E-state index in [1.807, 2.05) is 19.4 Å². The predicted molar refractivity (Wildman–Crippen MR) is 99.0 cm³/mol. The van der Waals surface area contributed by atoms with Crippen LogP contribution in [0.25, 0.3) is 0 Å². The molecule has 0 bridgehead atoms. The molecule has 1 atom stereocenters. The third kappa shape index (κ3) is 4.55. The van der Waals surface area contributed by atoms with Crippen LogP contribution in [0.1, 0.15) is 31.4 Å². The summed E-state index contributed by atoms with van der Waals surface area (Å²) in [5.41, 5.74) is 0.929. The molecule has 0 saturated carbocycles. The van der Waals surface area contributed by atoms with Crippen LogP contribution in [0.15, 0.2) is 17.4 Å². The summed E-state index contributed by atoms with van der Waals surface area (Å²) in [6, 6.07) is 0. The number of nitrogens with zero attached hydrogens (tertiary/aromatic N) is 4. The Kier molecular flexibility index (Phi) is 6.50. The van der Waals surface area contributed by atoms with Gasteiger partial charge in [-0.25, -0.2) is 0 Å². The maximum atomic E-state index is 9.90. The fourth-order valence-electron chi connectivity index (χ4n) is 3.49. The molecule has 0 aromatic carbocycles. The molecule has 2 saturated heterocycles. The van der Waals surface area contributed by atoms with E-state index in [4.69, 9.17) is 14.5 Å². The molecule has 3 heterocycles. The molecule has 1 aromatic rings. The van der Waals surface area contributed by atoms with E-state index in [1.165, 1.54) is 0 Å². The first-order chi connectivity index (χ1) is 12.7. The minimum absolute atomic E-state index is 0.00353. The normalized spacial score (nSPS) is 23.9. The first kappa shape index (κ1) is 19.1. The highest BCUT2D eigenvalue weighted by Gasteiger charge is 2.32. The molecule has 0 radical (unpaired) electrons. The highest BCUT2D eigenvalue weighted by atomic mass is 16.5. The van der Waals surface area contributed by atoms with E-state index >= 15 is 0 Å². The smallest absolute Gasteiger partial charge is 0.194 e. The number of guanidine groups is 1. The molecule has 2 N–H and O–H groups in total. The third-order valence-electron chi connectivity index (χ3n) is 5.25. The van der Waals surface area contributed by atoms with E-state index in [0.717, 1.165) is 44.0 Å². The average Bonchev–Trinajstić information content (AvgIpc) is 3.12. The second-order valence-electron chi connectivity index (χ2n) is 7.19. The van der Waals surface area contributed by atoms with Crippen molar-refractivity contribution < 1.29 is 14.6 Å². The van der Waals surface area contributed by atoms with Crippen molar-refractivity contribution >= 4 is 5.96 Å². The number of aliphatic hydroxyl groups excluding tert-OH is 1. The number of aromatic nitrogens is 2. The molecule has 8 nitrogen and oxygen atoms in total. The van der Waals surface area contributed by atoms with E-state index in [2.05, 4.69) is 22.2 Å². The number of rotatable bonds is 5. The first-order valence-electron chi connectivity index (χ1n) is 9.48. The number of ether oxygens (including phenoxy) is 2. The molecule has 26 heavy (non-hydrogen) atoms. The summed E-state index contributed by atoms with van der Waals surface area (Å²) in [5.74, 6) is 0.893. The molecule has 2 aliphatic heterocycles. The van der Waals surface area contributed by atoms with Crippen molar-refractivity contribution in [3.05, 3.63) is 18.0 Å². The van der Waals surface area contributed by atoms with Crippen molar-refractivity contribution in [3.8, 4) is 0 Å². The zero-order chi connectivity index (χ0) is 18.4. The minimum atomic E-state index is -0.159. The highest BCUT2D eigenvalue weighted by molar-refractivity contribution is 5.80. The summed E-state index contributed by atoms with van der Waals surface area (Å²) in [5, 5.41) is 17.5. The van der Waals surface area contributed by atoms with E-state index in [9.17, 15) is 5.11 Å². The van der Waals surface area contributed by atoms with Crippen molar-refractivity contribution in [3.63, 3.8) is 0 Å². The standard InChI is InChI=1S/C18H31N5O3/c1-3-19-17(20-13-18(14-24)4-7-25-8-5-18)23-6-9-26-16(12-23)15-10-21-22(2)11-15/h10-11,16,24H,3-9,12-14H2,1-2H3,(H,19,20). The molecule has 1 aromatic heterocycles. The van der Waals surface area contributed by atoms with Crippen molar-refractivity contribution in [1.82, 2.24) is 20.0 Å². The van der Waals surface area contributed by atoms with E-state index < -0.39 is 0 Å². The molecular weight excluding hydrogens is 334 g/mol. The van der Waals surface area contributed by atoms with E-state index in [-0.39, 0.29) is 18.1 Å². The van der Waals surface area contributed by atoms with Gasteiger partial charge in [-0.05, 0) is 19.8 Å². The Labute approximate surface area is 155 Å². The van der Waals surface area contributed by atoms with Gasteiger partial charge in [0.2, 0.25) is 0 Å². The van der Waals surface area contributed by atoms with Gasteiger partial charge in [-0.1, -0.05) is 0 Å². The Hall–Kier alpha value is -1.64. The van der Waals surface area contributed by atoms with Crippen LogP contribution in [0.5, 0.6) is 0 Å². The molecule has 146 valence electrons. The minimum Gasteiger partial charge on any atom is -0.396 e. The van der Waals surface area contributed by atoms with E-state index in [1.54, 1.807) is 4.68 Å². The lowest BCUT2D eigenvalue weighted by atomic mass is 9.81. The number of morpholine rings is 1. The summed E-state index contributed by atoms with van der Waals surface area (Å²) in [6.07, 6.45) is 5.57. The van der Waals surface area contributed by atoms with Crippen molar-refractivity contribution in [2.24, 2.45) is 17.5 Å². The maximum absolute atomic E-state index is 9.90. The monoisotopic (exact) mass is 365 g/mol. The molecule has 2 aliphatic rings. The molecular formula is C18H31N5O3. The van der Waals surface area contributed by atoms with Gasteiger partial charge in [0.15, 0.2) is 5.96 Å². The number of nitrogens with one attached hydrogen (secondary N) is 1. The second-order valence-corrected chi connectivity index (χ2v) is 7.19. The van der Waals surface area contributed by atoms with Crippen LogP contribution in [0.4, 0.5) is 0 Å². The largest absolute Gasteiger partial charge is 0.396 e. The zero-order valence-corrected chi connectivity index (χ0v) is 15.9. The molecule has 1 unspecified atom stereocenters. The molecule has 0 amide bonds. The Morgan fingerprint density at radius 1 is 1.42 bits per heavy atom. The third-order valence-corrected chi connectivity index (χ3v) is 5.25. The SMILES string of the molecule is CCNC(=NCC1(CO)CCOCC1)N1CCOC(c2cnn(C)c2)C1. The van der Waals surface area contributed by atoms with Gasteiger partial charge in [-0.2, -0.15) is 5.10 Å². The lowest BCUT2D eigenvalue weighted by Gasteiger charge is -2.37. The fourth-order valence-corrected chi connectivity index (χ4v) is 3.49. The van der Waals surface area contributed by atoms with Gasteiger partial charge in [0, 0.05) is 50.5 Å². The molecule has 8 heteroatoms.